The number of nitrogens with zero attached hydrogens (tertiary/aromatic N) is 2. The van der Waals surface area contributed by atoms with E-state index in [2.05, 4.69) is 44.1 Å². The second-order valence-corrected chi connectivity index (χ2v) is 9.23. The first-order chi connectivity index (χ1) is 13.1. The van der Waals surface area contributed by atoms with E-state index in [1.54, 1.807) is 11.3 Å². The summed E-state index contributed by atoms with van der Waals surface area (Å²) in [5.74, 6) is 0.891. The van der Waals surface area contributed by atoms with Gasteiger partial charge < -0.3 is 15.0 Å². The highest BCUT2D eigenvalue weighted by molar-refractivity contribution is 7.09. The lowest BCUT2D eigenvalue weighted by atomic mass is 10.1. The molecule has 6 heteroatoms. The molecule has 0 saturated carbocycles. The molecule has 1 N–H and O–H groups in total. The zero-order valence-corrected chi connectivity index (χ0v) is 18.9. The predicted molar refractivity (Wildman–Crippen MR) is 116 cm³/mol. The first-order valence-corrected chi connectivity index (χ1v) is 10.7. The number of aromatic nitrogens is 1. The maximum Gasteiger partial charge on any atom is 0.318 e. The molecule has 1 aromatic carbocycles. The Morgan fingerprint density at radius 1 is 1.32 bits per heavy atom. The zero-order chi connectivity index (χ0) is 20.9. The molecule has 1 unspecified atom stereocenters. The molecule has 1 atom stereocenters. The number of carbonyl (C=O) groups excluding carboxylic acids is 1. The third-order valence-electron chi connectivity index (χ3n) is 4.70. The molecular formula is C22H33N3O2S. The monoisotopic (exact) mass is 403 g/mol. The van der Waals surface area contributed by atoms with Crippen LogP contribution in [0.2, 0.25) is 0 Å². The Hall–Kier alpha value is -2.08. The summed E-state index contributed by atoms with van der Waals surface area (Å²) in [5, 5.41) is 5.99. The average molecular weight is 404 g/mol. The summed E-state index contributed by atoms with van der Waals surface area (Å²) in [4.78, 5) is 19.3. The van der Waals surface area contributed by atoms with Crippen LogP contribution in [-0.2, 0) is 13.2 Å². The second-order valence-electron chi connectivity index (χ2n) is 8.28. The number of carbonyl (C=O) groups is 1. The summed E-state index contributed by atoms with van der Waals surface area (Å²) in [5.41, 5.74) is 3.00. The number of ether oxygens (including phenoxy) is 1. The molecule has 0 bridgehead atoms. The fraction of sp³-hybridized carbons (Fsp3) is 0.545. The average Bonchev–Trinajstić information content (AvgIpc) is 3.06. The van der Waals surface area contributed by atoms with E-state index in [4.69, 9.17) is 4.74 Å². The first kappa shape index (κ1) is 22.2. The molecule has 0 aliphatic carbocycles. The Balaban J connectivity index is 2.04. The van der Waals surface area contributed by atoms with Gasteiger partial charge in [0, 0.05) is 17.0 Å². The lowest BCUT2D eigenvalue weighted by Crippen LogP contribution is -2.50. The lowest BCUT2D eigenvalue weighted by molar-refractivity contribution is 0.164. The van der Waals surface area contributed by atoms with Crippen LogP contribution in [0.5, 0.6) is 5.75 Å². The number of rotatable bonds is 7. The van der Waals surface area contributed by atoms with Crippen LogP contribution < -0.4 is 10.1 Å². The fourth-order valence-electron chi connectivity index (χ4n) is 2.72. The van der Waals surface area contributed by atoms with Crippen LogP contribution in [0.15, 0.2) is 23.6 Å². The molecule has 0 spiro atoms. The van der Waals surface area contributed by atoms with Crippen LogP contribution in [0.25, 0.3) is 0 Å². The smallest absolute Gasteiger partial charge is 0.318 e. The SMILES string of the molecule is CCC(C)N(Cc1csc(COc2cccc(C)c2C)n1)C(=O)NC(C)(C)C. The molecule has 0 saturated heterocycles. The Morgan fingerprint density at radius 2 is 2.04 bits per heavy atom. The highest BCUT2D eigenvalue weighted by Crippen LogP contribution is 2.23. The van der Waals surface area contributed by atoms with Gasteiger partial charge in [0.2, 0.25) is 0 Å². The number of urea groups is 1. The van der Waals surface area contributed by atoms with E-state index >= 15 is 0 Å². The molecule has 2 aromatic rings. The predicted octanol–water partition coefficient (Wildman–Crippen LogP) is 5.45. The van der Waals surface area contributed by atoms with Crippen molar-refractivity contribution in [2.24, 2.45) is 0 Å². The third-order valence-corrected chi connectivity index (χ3v) is 5.57. The van der Waals surface area contributed by atoms with Gasteiger partial charge in [0.25, 0.3) is 0 Å². The maximum absolute atomic E-state index is 12.7. The quantitative estimate of drug-likeness (QED) is 0.669. The summed E-state index contributed by atoms with van der Waals surface area (Å²) in [6, 6.07) is 6.15. The normalized spacial score (nSPS) is 12.5. The van der Waals surface area contributed by atoms with Crippen molar-refractivity contribution in [1.29, 1.82) is 0 Å². The minimum atomic E-state index is -0.268. The Morgan fingerprint density at radius 3 is 2.68 bits per heavy atom. The molecule has 0 fully saturated rings. The van der Waals surface area contributed by atoms with Crippen molar-refractivity contribution >= 4 is 17.4 Å². The number of benzene rings is 1. The van der Waals surface area contributed by atoms with Crippen LogP contribution in [0.3, 0.4) is 0 Å². The standard InChI is InChI=1S/C22H33N3O2S/c1-8-16(3)25(21(26)24-22(5,6)7)12-18-14-28-20(23-18)13-27-19-11-9-10-15(2)17(19)4/h9-11,14,16H,8,12-13H2,1-7H3,(H,24,26). The Labute approximate surface area is 173 Å². The second kappa shape index (κ2) is 9.41. The first-order valence-electron chi connectivity index (χ1n) is 9.81. The van der Waals surface area contributed by atoms with Gasteiger partial charge in [-0.1, -0.05) is 19.1 Å². The van der Waals surface area contributed by atoms with Crippen molar-refractivity contribution in [1.82, 2.24) is 15.2 Å². The van der Waals surface area contributed by atoms with Crippen LogP contribution in [0.1, 0.15) is 62.9 Å². The number of aryl methyl sites for hydroxylation is 1. The number of thiazole rings is 1. The van der Waals surface area contributed by atoms with Crippen molar-refractivity contribution < 1.29 is 9.53 Å². The van der Waals surface area contributed by atoms with Gasteiger partial charge >= 0.3 is 6.03 Å². The Kier molecular flexibility index (Phi) is 7.47. The minimum absolute atomic E-state index is 0.0527. The van der Waals surface area contributed by atoms with E-state index < -0.39 is 0 Å². The van der Waals surface area contributed by atoms with E-state index in [0.29, 0.717) is 13.2 Å². The summed E-state index contributed by atoms with van der Waals surface area (Å²) >= 11 is 1.57. The summed E-state index contributed by atoms with van der Waals surface area (Å²) < 4.78 is 5.96. The summed E-state index contributed by atoms with van der Waals surface area (Å²) in [6.07, 6.45) is 0.893. The fourth-order valence-corrected chi connectivity index (χ4v) is 3.42. The molecule has 0 aliphatic heterocycles. The van der Waals surface area contributed by atoms with Crippen LogP contribution in [-0.4, -0.2) is 27.5 Å². The van der Waals surface area contributed by atoms with Gasteiger partial charge in [0.05, 0.1) is 12.2 Å². The lowest BCUT2D eigenvalue weighted by Gasteiger charge is -2.32. The highest BCUT2D eigenvalue weighted by atomic mass is 32.1. The Bertz CT molecular complexity index is 795. The van der Waals surface area contributed by atoms with Crippen molar-refractivity contribution in [3.63, 3.8) is 0 Å². The molecule has 28 heavy (non-hydrogen) atoms. The van der Waals surface area contributed by atoms with Gasteiger partial charge in [-0.2, -0.15) is 0 Å². The molecule has 5 nitrogen and oxygen atoms in total. The van der Waals surface area contributed by atoms with Gasteiger partial charge in [-0.15, -0.1) is 11.3 Å². The van der Waals surface area contributed by atoms with Gasteiger partial charge in [-0.05, 0) is 65.2 Å². The highest BCUT2D eigenvalue weighted by Gasteiger charge is 2.24. The number of nitrogens with one attached hydrogen (secondary N) is 1. The summed E-state index contributed by atoms with van der Waals surface area (Å²) in [7, 11) is 0. The topological polar surface area (TPSA) is 54.5 Å². The van der Waals surface area contributed by atoms with E-state index in [-0.39, 0.29) is 17.6 Å². The minimum Gasteiger partial charge on any atom is -0.486 e. The molecule has 0 radical (unpaired) electrons. The molecule has 154 valence electrons. The van der Waals surface area contributed by atoms with Crippen molar-refractivity contribution in [3.05, 3.63) is 45.4 Å². The molecular weight excluding hydrogens is 370 g/mol. The van der Waals surface area contributed by atoms with Gasteiger partial charge in [-0.25, -0.2) is 9.78 Å². The van der Waals surface area contributed by atoms with Crippen LogP contribution >= 0.6 is 11.3 Å². The largest absolute Gasteiger partial charge is 0.486 e. The number of hydrogen-bond donors (Lipinski definition) is 1. The van der Waals surface area contributed by atoms with Crippen molar-refractivity contribution in [3.8, 4) is 5.75 Å². The van der Waals surface area contributed by atoms with E-state index in [1.165, 1.54) is 5.56 Å². The third kappa shape index (κ3) is 6.23. The number of hydrogen-bond acceptors (Lipinski definition) is 4. The van der Waals surface area contributed by atoms with Crippen molar-refractivity contribution in [2.45, 2.75) is 79.6 Å². The van der Waals surface area contributed by atoms with E-state index in [0.717, 1.165) is 28.4 Å². The van der Waals surface area contributed by atoms with E-state index in [9.17, 15) is 4.79 Å². The van der Waals surface area contributed by atoms with Crippen LogP contribution in [0, 0.1) is 13.8 Å². The number of amides is 2. The molecule has 1 heterocycles. The van der Waals surface area contributed by atoms with Gasteiger partial charge in [0.1, 0.15) is 17.4 Å². The maximum atomic E-state index is 12.7. The van der Waals surface area contributed by atoms with Crippen molar-refractivity contribution in [2.75, 3.05) is 0 Å². The molecule has 1 aromatic heterocycles. The van der Waals surface area contributed by atoms with Crippen LogP contribution in [0.4, 0.5) is 4.79 Å². The van der Waals surface area contributed by atoms with E-state index in [1.807, 2.05) is 43.2 Å². The molecule has 2 amide bonds. The molecule has 0 aliphatic rings. The van der Waals surface area contributed by atoms with Gasteiger partial charge in [-0.3, -0.25) is 0 Å². The molecule has 2 rings (SSSR count). The zero-order valence-electron chi connectivity index (χ0n) is 18.1. The van der Waals surface area contributed by atoms with Gasteiger partial charge in [0.15, 0.2) is 0 Å². The summed E-state index contributed by atoms with van der Waals surface area (Å²) in [6.45, 7) is 15.2.